The van der Waals surface area contributed by atoms with E-state index in [0.29, 0.717) is 0 Å². The van der Waals surface area contributed by atoms with Crippen LogP contribution < -0.4 is 4.74 Å². The second kappa shape index (κ2) is 10.2. The first kappa shape index (κ1) is 26.7. The highest BCUT2D eigenvalue weighted by Gasteiger charge is 2.46. The molecule has 0 amide bonds. The van der Waals surface area contributed by atoms with Crippen LogP contribution in [0.4, 0.5) is 0 Å². The second-order valence-corrected chi connectivity index (χ2v) is 12.6. The highest BCUT2D eigenvalue weighted by Crippen LogP contribution is 2.57. The third kappa shape index (κ3) is 3.69. The number of hydrogen-bond donors (Lipinski definition) is 0. The van der Waals surface area contributed by atoms with Crippen LogP contribution in [-0.2, 0) is 10.8 Å². The molecular weight excluding hydrogens is 556 g/mol. The molecular formula is C45H32O. The molecule has 0 spiro atoms. The van der Waals surface area contributed by atoms with E-state index in [9.17, 15) is 0 Å². The zero-order valence-corrected chi connectivity index (χ0v) is 25.7. The van der Waals surface area contributed by atoms with Crippen LogP contribution in [-0.4, -0.2) is 0 Å². The molecule has 1 aliphatic carbocycles. The minimum Gasteiger partial charge on any atom is -0.457 e. The first-order valence-electron chi connectivity index (χ1n) is 16.0. The van der Waals surface area contributed by atoms with Gasteiger partial charge in [-0.05, 0) is 81.3 Å². The standard InChI is InChI=1S/C45H32O/c1-44(33-15-5-2-6-16-33)40-23-13-14-24-42(40)46-43-28-26-32(30-41(43)44)31-25-27-39-37(29-31)36-21-11-12-22-38(36)45(39,34-17-7-3-8-18-34)35-19-9-4-10-20-35/h2-30H,1H3. The Balaban J connectivity index is 1.26. The Bertz CT molecular complexity index is 2190. The summed E-state index contributed by atoms with van der Waals surface area (Å²) >= 11 is 0. The van der Waals surface area contributed by atoms with E-state index < -0.39 is 5.41 Å². The number of benzene rings is 7. The molecule has 2 aliphatic rings. The summed E-state index contributed by atoms with van der Waals surface area (Å²) < 4.78 is 6.53. The summed E-state index contributed by atoms with van der Waals surface area (Å²) in [4.78, 5) is 0. The van der Waals surface area contributed by atoms with Gasteiger partial charge >= 0.3 is 0 Å². The summed E-state index contributed by atoms with van der Waals surface area (Å²) in [5.41, 5.74) is 13.0. The number of fused-ring (bicyclic) bond motifs is 5. The molecule has 1 atom stereocenters. The van der Waals surface area contributed by atoms with E-state index in [4.69, 9.17) is 4.74 Å². The van der Waals surface area contributed by atoms with Gasteiger partial charge < -0.3 is 4.74 Å². The lowest BCUT2D eigenvalue weighted by Gasteiger charge is -2.38. The highest BCUT2D eigenvalue weighted by atomic mass is 16.5. The molecule has 9 rings (SSSR count). The summed E-state index contributed by atoms with van der Waals surface area (Å²) in [6.45, 7) is 2.33. The van der Waals surface area contributed by atoms with Crippen molar-refractivity contribution in [3.63, 3.8) is 0 Å². The number of hydrogen-bond acceptors (Lipinski definition) is 1. The highest BCUT2D eigenvalue weighted by molar-refractivity contribution is 5.89. The van der Waals surface area contributed by atoms with Gasteiger partial charge in [-0.1, -0.05) is 152 Å². The normalized spacial score (nSPS) is 16.8. The number of ether oxygens (including phenoxy) is 1. The maximum atomic E-state index is 6.53. The van der Waals surface area contributed by atoms with Gasteiger partial charge in [-0.3, -0.25) is 0 Å². The van der Waals surface area contributed by atoms with Crippen LogP contribution in [0.1, 0.15) is 45.9 Å². The van der Waals surface area contributed by atoms with Gasteiger partial charge in [-0.25, -0.2) is 0 Å². The Morgan fingerprint density at radius 3 is 1.57 bits per heavy atom. The summed E-state index contributed by atoms with van der Waals surface area (Å²) in [5, 5.41) is 0. The molecule has 0 radical (unpaired) electrons. The molecule has 46 heavy (non-hydrogen) atoms. The van der Waals surface area contributed by atoms with Crippen molar-refractivity contribution in [3.05, 3.63) is 215 Å². The predicted molar refractivity (Wildman–Crippen MR) is 188 cm³/mol. The van der Waals surface area contributed by atoms with Crippen molar-refractivity contribution >= 4 is 0 Å². The molecule has 7 aromatic carbocycles. The van der Waals surface area contributed by atoms with Crippen molar-refractivity contribution in [2.75, 3.05) is 0 Å². The lowest BCUT2D eigenvalue weighted by Crippen LogP contribution is -2.29. The van der Waals surface area contributed by atoms with Gasteiger partial charge in [0.15, 0.2) is 0 Å². The Labute approximate surface area is 270 Å². The fourth-order valence-electron chi connectivity index (χ4n) is 8.13. The predicted octanol–water partition coefficient (Wildman–Crippen LogP) is 11.2. The van der Waals surface area contributed by atoms with Crippen LogP contribution in [0.5, 0.6) is 11.5 Å². The SMILES string of the molecule is CC1(c2ccccc2)c2ccccc2Oc2ccc(-c3ccc4c(c3)-c3ccccc3C4(c3ccccc3)c3ccccc3)cc21. The van der Waals surface area contributed by atoms with Gasteiger partial charge in [0, 0.05) is 16.5 Å². The van der Waals surface area contributed by atoms with Crippen molar-refractivity contribution in [1.29, 1.82) is 0 Å². The maximum absolute atomic E-state index is 6.53. The molecule has 218 valence electrons. The molecule has 0 fully saturated rings. The van der Waals surface area contributed by atoms with Crippen LogP contribution in [0.3, 0.4) is 0 Å². The van der Waals surface area contributed by atoms with Gasteiger partial charge in [0.1, 0.15) is 11.5 Å². The largest absolute Gasteiger partial charge is 0.457 e. The topological polar surface area (TPSA) is 9.23 Å². The second-order valence-electron chi connectivity index (χ2n) is 12.6. The number of rotatable bonds is 4. The summed E-state index contributed by atoms with van der Waals surface area (Å²) in [7, 11) is 0. The van der Waals surface area contributed by atoms with E-state index >= 15 is 0 Å². The van der Waals surface area contributed by atoms with Gasteiger partial charge in [-0.15, -0.1) is 0 Å². The van der Waals surface area contributed by atoms with Crippen molar-refractivity contribution in [2.24, 2.45) is 0 Å². The van der Waals surface area contributed by atoms with Crippen molar-refractivity contribution < 1.29 is 4.74 Å². The van der Waals surface area contributed by atoms with E-state index in [2.05, 4.69) is 183 Å². The van der Waals surface area contributed by atoms with Crippen LogP contribution in [0.25, 0.3) is 22.3 Å². The molecule has 0 N–H and O–H groups in total. The first-order chi connectivity index (χ1) is 22.7. The average molecular weight is 589 g/mol. The fraction of sp³-hybridized carbons (Fsp3) is 0.0667. The molecule has 1 heterocycles. The van der Waals surface area contributed by atoms with E-state index in [0.717, 1.165) is 11.5 Å². The molecule has 0 saturated heterocycles. The van der Waals surface area contributed by atoms with Gasteiger partial charge in [-0.2, -0.15) is 0 Å². The van der Waals surface area contributed by atoms with E-state index in [1.807, 2.05) is 0 Å². The Kier molecular flexibility index (Phi) is 5.92. The number of para-hydroxylation sites is 1. The Morgan fingerprint density at radius 2 is 0.870 bits per heavy atom. The molecule has 1 nitrogen and oxygen atoms in total. The minimum absolute atomic E-state index is 0.361. The van der Waals surface area contributed by atoms with Crippen molar-refractivity contribution in [3.8, 4) is 33.8 Å². The van der Waals surface area contributed by atoms with Crippen LogP contribution in [0, 0.1) is 0 Å². The quantitative estimate of drug-likeness (QED) is 0.199. The summed E-state index contributed by atoms with van der Waals surface area (Å²) in [5.74, 6) is 1.83. The third-order valence-corrected chi connectivity index (χ3v) is 10.3. The monoisotopic (exact) mass is 588 g/mol. The zero-order chi connectivity index (χ0) is 30.7. The summed E-state index contributed by atoms with van der Waals surface area (Å²) in [6.07, 6.45) is 0. The molecule has 0 saturated carbocycles. The third-order valence-electron chi connectivity index (χ3n) is 10.3. The zero-order valence-electron chi connectivity index (χ0n) is 25.7. The fourth-order valence-corrected chi connectivity index (χ4v) is 8.13. The van der Waals surface area contributed by atoms with Crippen LogP contribution >= 0.6 is 0 Å². The molecule has 1 heteroatoms. The lowest BCUT2D eigenvalue weighted by atomic mass is 9.67. The van der Waals surface area contributed by atoms with Gasteiger partial charge in [0.25, 0.3) is 0 Å². The van der Waals surface area contributed by atoms with Crippen molar-refractivity contribution in [1.82, 2.24) is 0 Å². The van der Waals surface area contributed by atoms with E-state index in [-0.39, 0.29) is 5.41 Å². The lowest BCUT2D eigenvalue weighted by molar-refractivity contribution is 0.427. The van der Waals surface area contributed by atoms with Gasteiger partial charge in [0.2, 0.25) is 0 Å². The summed E-state index contributed by atoms with van der Waals surface area (Å²) in [6, 6.07) is 64.0. The van der Waals surface area contributed by atoms with Gasteiger partial charge in [0.05, 0.1) is 5.41 Å². The minimum atomic E-state index is -0.397. The molecule has 1 unspecified atom stereocenters. The smallest absolute Gasteiger partial charge is 0.131 e. The molecule has 1 aliphatic heterocycles. The van der Waals surface area contributed by atoms with E-state index in [1.165, 1.54) is 61.2 Å². The molecule has 0 bridgehead atoms. The maximum Gasteiger partial charge on any atom is 0.131 e. The van der Waals surface area contributed by atoms with Crippen molar-refractivity contribution in [2.45, 2.75) is 17.8 Å². The van der Waals surface area contributed by atoms with E-state index in [1.54, 1.807) is 0 Å². The average Bonchev–Trinajstić information content (AvgIpc) is 3.43. The first-order valence-corrected chi connectivity index (χ1v) is 16.0. The molecule has 0 aromatic heterocycles. The Morgan fingerprint density at radius 1 is 0.370 bits per heavy atom. The Hall–Kier alpha value is -5.66. The van der Waals surface area contributed by atoms with Crippen LogP contribution in [0.15, 0.2) is 176 Å². The van der Waals surface area contributed by atoms with Crippen LogP contribution in [0.2, 0.25) is 0 Å². The molecule has 7 aromatic rings.